The molecular formula is C24H22N2O3. The van der Waals surface area contributed by atoms with Gasteiger partial charge in [-0.05, 0) is 48.4 Å². The SMILES string of the molecule is CCc1ccccc1NC(=O)c1ccccc1N1C(=O)[C@@H]2[C@@H](C1=O)[C@H]1C=C[C@@H]2C1. The van der Waals surface area contributed by atoms with Crippen molar-refractivity contribution in [1.82, 2.24) is 0 Å². The zero-order valence-electron chi connectivity index (χ0n) is 16.2. The van der Waals surface area contributed by atoms with Gasteiger partial charge in [0.15, 0.2) is 0 Å². The Hall–Kier alpha value is -3.21. The van der Waals surface area contributed by atoms with Gasteiger partial charge in [0, 0.05) is 5.69 Å². The van der Waals surface area contributed by atoms with Crippen LogP contribution in [0.5, 0.6) is 0 Å². The van der Waals surface area contributed by atoms with Crippen molar-refractivity contribution in [3.63, 3.8) is 0 Å². The zero-order chi connectivity index (χ0) is 20.1. The Morgan fingerprint density at radius 3 is 2.28 bits per heavy atom. The summed E-state index contributed by atoms with van der Waals surface area (Å²) in [6.07, 6.45) is 5.82. The Kier molecular flexibility index (Phi) is 4.12. The van der Waals surface area contributed by atoms with E-state index in [4.69, 9.17) is 0 Å². The number of carbonyl (C=O) groups is 3. The van der Waals surface area contributed by atoms with E-state index in [2.05, 4.69) is 17.5 Å². The molecule has 3 amide bonds. The first-order chi connectivity index (χ1) is 14.1. The molecule has 1 N–H and O–H groups in total. The highest BCUT2D eigenvalue weighted by atomic mass is 16.2. The lowest BCUT2D eigenvalue weighted by atomic mass is 9.85. The van der Waals surface area contributed by atoms with Crippen molar-refractivity contribution >= 4 is 29.1 Å². The summed E-state index contributed by atoms with van der Waals surface area (Å²) in [7, 11) is 0. The molecule has 2 fully saturated rings. The monoisotopic (exact) mass is 386 g/mol. The van der Waals surface area contributed by atoms with Crippen molar-refractivity contribution in [1.29, 1.82) is 0 Å². The summed E-state index contributed by atoms with van der Waals surface area (Å²) in [5.74, 6) is -0.950. The second kappa shape index (κ2) is 6.69. The van der Waals surface area contributed by atoms with Crippen molar-refractivity contribution in [2.75, 3.05) is 10.2 Å². The molecule has 2 aliphatic carbocycles. The summed E-state index contributed by atoms with van der Waals surface area (Å²) < 4.78 is 0. The van der Waals surface area contributed by atoms with Gasteiger partial charge in [0.1, 0.15) is 0 Å². The van der Waals surface area contributed by atoms with Gasteiger partial charge in [-0.1, -0.05) is 49.4 Å². The number of nitrogens with one attached hydrogen (secondary N) is 1. The summed E-state index contributed by atoms with van der Waals surface area (Å²) >= 11 is 0. The molecule has 0 spiro atoms. The predicted octanol–water partition coefficient (Wildman–Crippen LogP) is 3.81. The Labute approximate surface area is 169 Å². The first-order valence-corrected chi connectivity index (χ1v) is 10.1. The first-order valence-electron chi connectivity index (χ1n) is 10.1. The van der Waals surface area contributed by atoms with Gasteiger partial charge in [-0.3, -0.25) is 14.4 Å². The molecule has 5 heteroatoms. The van der Waals surface area contributed by atoms with Crippen LogP contribution in [-0.2, 0) is 16.0 Å². The molecule has 0 aromatic heterocycles. The zero-order valence-corrected chi connectivity index (χ0v) is 16.2. The van der Waals surface area contributed by atoms with Crippen LogP contribution in [0.3, 0.4) is 0 Å². The molecule has 2 aromatic rings. The van der Waals surface area contributed by atoms with E-state index < -0.39 is 0 Å². The predicted molar refractivity (Wildman–Crippen MR) is 110 cm³/mol. The molecule has 146 valence electrons. The summed E-state index contributed by atoms with van der Waals surface area (Å²) in [4.78, 5) is 40.7. The molecule has 2 aromatic carbocycles. The summed E-state index contributed by atoms with van der Waals surface area (Å²) in [6, 6.07) is 14.5. The number of nitrogens with zero attached hydrogens (tertiary/aromatic N) is 1. The Morgan fingerprint density at radius 1 is 0.966 bits per heavy atom. The highest BCUT2D eigenvalue weighted by Gasteiger charge is 2.59. The summed E-state index contributed by atoms with van der Waals surface area (Å²) in [6.45, 7) is 2.03. The maximum atomic E-state index is 13.2. The third-order valence-electron chi connectivity index (χ3n) is 6.51. The van der Waals surface area contributed by atoms with Gasteiger partial charge in [0.25, 0.3) is 5.91 Å². The molecule has 3 aliphatic rings. The summed E-state index contributed by atoms with van der Waals surface area (Å²) in [5.41, 5.74) is 2.49. The van der Waals surface area contributed by atoms with Gasteiger partial charge in [-0.2, -0.15) is 0 Å². The fourth-order valence-electron chi connectivity index (χ4n) is 5.14. The molecule has 1 saturated heterocycles. The van der Waals surface area contributed by atoms with E-state index in [9.17, 15) is 14.4 Å². The lowest BCUT2D eigenvalue weighted by Crippen LogP contribution is -2.34. The Morgan fingerprint density at radius 2 is 1.59 bits per heavy atom. The average molecular weight is 386 g/mol. The average Bonchev–Trinajstić information content (AvgIpc) is 3.42. The topological polar surface area (TPSA) is 66.5 Å². The molecule has 1 heterocycles. The minimum Gasteiger partial charge on any atom is -0.322 e. The molecule has 2 bridgehead atoms. The molecule has 1 aliphatic heterocycles. The van der Waals surface area contributed by atoms with Crippen molar-refractivity contribution in [2.24, 2.45) is 23.7 Å². The largest absolute Gasteiger partial charge is 0.322 e. The van der Waals surface area contributed by atoms with Crippen molar-refractivity contribution in [2.45, 2.75) is 19.8 Å². The van der Waals surface area contributed by atoms with Crippen LogP contribution < -0.4 is 10.2 Å². The lowest BCUT2D eigenvalue weighted by molar-refractivity contribution is -0.123. The van der Waals surface area contributed by atoms with E-state index in [0.29, 0.717) is 11.3 Å². The molecule has 5 rings (SSSR count). The molecule has 5 nitrogen and oxygen atoms in total. The van der Waals surface area contributed by atoms with Gasteiger partial charge in [0.2, 0.25) is 11.8 Å². The van der Waals surface area contributed by atoms with Crippen LogP contribution >= 0.6 is 0 Å². The number of hydrogen-bond acceptors (Lipinski definition) is 3. The number of anilines is 2. The Bertz CT molecular complexity index is 1030. The number of allylic oxidation sites excluding steroid dienone is 2. The first kappa shape index (κ1) is 17.9. The van der Waals surface area contributed by atoms with Gasteiger partial charge < -0.3 is 5.32 Å². The lowest BCUT2D eigenvalue weighted by Gasteiger charge is -2.20. The normalized spacial score (nSPS) is 26.9. The number of para-hydroxylation sites is 2. The number of benzene rings is 2. The third-order valence-corrected chi connectivity index (χ3v) is 6.51. The van der Waals surface area contributed by atoms with E-state index in [1.807, 2.05) is 31.2 Å². The molecule has 0 radical (unpaired) electrons. The number of fused-ring (bicyclic) bond motifs is 5. The minimum absolute atomic E-state index is 0.142. The van der Waals surface area contributed by atoms with Crippen LogP contribution in [0.2, 0.25) is 0 Å². The summed E-state index contributed by atoms with van der Waals surface area (Å²) in [5, 5.41) is 2.95. The highest BCUT2D eigenvalue weighted by molar-refractivity contribution is 6.25. The Balaban J connectivity index is 1.48. The standard InChI is InChI=1S/C24H22N2O3/c1-2-14-7-3-5-9-18(14)25-22(27)17-8-4-6-10-19(17)26-23(28)20-15-11-12-16(13-15)21(20)24(26)29/h3-12,15-16,20-21H,2,13H2,1H3,(H,25,27)/t15-,16+,20-,21-/m0/s1. The number of imide groups is 1. The molecule has 4 atom stereocenters. The van der Waals surface area contributed by atoms with Crippen molar-refractivity contribution < 1.29 is 14.4 Å². The van der Waals surface area contributed by atoms with Crippen molar-refractivity contribution in [3.8, 4) is 0 Å². The van der Waals surface area contributed by atoms with E-state index >= 15 is 0 Å². The van der Waals surface area contributed by atoms with Gasteiger partial charge in [0.05, 0.1) is 23.1 Å². The fraction of sp³-hybridized carbons (Fsp3) is 0.292. The molecule has 29 heavy (non-hydrogen) atoms. The third kappa shape index (κ3) is 2.64. The van der Waals surface area contributed by atoms with E-state index in [-0.39, 0.29) is 41.4 Å². The quantitative estimate of drug-likeness (QED) is 0.642. The fourth-order valence-corrected chi connectivity index (χ4v) is 5.14. The highest BCUT2D eigenvalue weighted by Crippen LogP contribution is 2.53. The molecule has 0 unspecified atom stereocenters. The van der Waals surface area contributed by atoms with Crippen molar-refractivity contribution in [3.05, 3.63) is 71.8 Å². The number of amides is 3. The minimum atomic E-state index is -0.319. The van der Waals surface area contributed by atoms with Gasteiger partial charge >= 0.3 is 0 Å². The van der Waals surface area contributed by atoms with Gasteiger partial charge in [-0.15, -0.1) is 0 Å². The smallest absolute Gasteiger partial charge is 0.257 e. The van der Waals surface area contributed by atoms with Crippen LogP contribution in [-0.4, -0.2) is 17.7 Å². The van der Waals surface area contributed by atoms with Crippen LogP contribution in [0.25, 0.3) is 0 Å². The number of carbonyl (C=O) groups excluding carboxylic acids is 3. The maximum Gasteiger partial charge on any atom is 0.257 e. The molecular weight excluding hydrogens is 364 g/mol. The number of aryl methyl sites for hydroxylation is 1. The van der Waals surface area contributed by atoms with Crippen LogP contribution in [0.4, 0.5) is 11.4 Å². The van der Waals surface area contributed by atoms with Crippen LogP contribution in [0, 0.1) is 23.7 Å². The second-order valence-electron chi connectivity index (χ2n) is 7.99. The van der Waals surface area contributed by atoms with E-state index in [0.717, 1.165) is 24.1 Å². The maximum absolute atomic E-state index is 13.2. The van der Waals surface area contributed by atoms with E-state index in [1.54, 1.807) is 24.3 Å². The molecule has 1 saturated carbocycles. The van der Waals surface area contributed by atoms with Crippen LogP contribution in [0.1, 0.15) is 29.3 Å². The van der Waals surface area contributed by atoms with Gasteiger partial charge in [-0.25, -0.2) is 4.90 Å². The number of rotatable bonds is 4. The second-order valence-corrected chi connectivity index (χ2v) is 7.99. The van der Waals surface area contributed by atoms with Crippen LogP contribution in [0.15, 0.2) is 60.7 Å². The van der Waals surface area contributed by atoms with E-state index in [1.165, 1.54) is 4.90 Å². The number of hydrogen-bond donors (Lipinski definition) is 1.